The van der Waals surface area contributed by atoms with Crippen LogP contribution in [0.3, 0.4) is 0 Å². The van der Waals surface area contributed by atoms with Crippen LogP contribution in [0.4, 0.5) is 0 Å². The third kappa shape index (κ3) is 1.63. The van der Waals surface area contributed by atoms with Gasteiger partial charge in [-0.15, -0.1) is 0 Å². The first-order valence-corrected chi connectivity index (χ1v) is 6.90. The Labute approximate surface area is 93.3 Å². The molecule has 86 valence electrons. The molecule has 1 heteroatoms. The van der Waals surface area contributed by atoms with Crippen LogP contribution in [0.15, 0.2) is 0 Å². The summed E-state index contributed by atoms with van der Waals surface area (Å²) in [7, 11) is 0. The molecule has 0 heterocycles. The minimum absolute atomic E-state index is 0.283. The minimum Gasteiger partial charge on any atom is -0.390 e. The smallest absolute Gasteiger partial charge is 0.0675 e. The molecule has 0 aromatic heterocycles. The van der Waals surface area contributed by atoms with Crippen LogP contribution in [0.2, 0.25) is 0 Å². The van der Waals surface area contributed by atoms with E-state index in [1.165, 1.54) is 38.5 Å². The average molecular weight is 208 g/mol. The van der Waals surface area contributed by atoms with E-state index in [9.17, 15) is 5.11 Å². The van der Waals surface area contributed by atoms with Gasteiger partial charge in [0.15, 0.2) is 0 Å². The lowest BCUT2D eigenvalue weighted by Gasteiger charge is -2.34. The highest BCUT2D eigenvalue weighted by molar-refractivity contribution is 4.97. The number of rotatable bonds is 2. The Balaban J connectivity index is 1.65. The first-order chi connectivity index (χ1) is 7.17. The highest BCUT2D eigenvalue weighted by Gasteiger charge is 2.46. The van der Waals surface area contributed by atoms with Gasteiger partial charge in [-0.1, -0.05) is 19.8 Å². The van der Waals surface area contributed by atoms with Gasteiger partial charge >= 0.3 is 0 Å². The van der Waals surface area contributed by atoms with E-state index in [-0.39, 0.29) is 5.60 Å². The van der Waals surface area contributed by atoms with E-state index in [0.717, 1.165) is 30.6 Å². The summed E-state index contributed by atoms with van der Waals surface area (Å²) < 4.78 is 0. The number of fused-ring (bicyclic) bond motifs is 2. The average Bonchev–Trinajstić information content (AvgIpc) is 2.84. The monoisotopic (exact) mass is 208 g/mol. The molecule has 0 aliphatic heterocycles. The van der Waals surface area contributed by atoms with Crippen LogP contribution in [0.25, 0.3) is 0 Å². The van der Waals surface area contributed by atoms with Gasteiger partial charge in [0.05, 0.1) is 5.60 Å². The molecule has 0 radical (unpaired) electrons. The van der Waals surface area contributed by atoms with E-state index in [2.05, 4.69) is 6.92 Å². The molecular weight excluding hydrogens is 184 g/mol. The van der Waals surface area contributed by atoms with Gasteiger partial charge in [-0.05, 0) is 62.2 Å². The van der Waals surface area contributed by atoms with Crippen LogP contribution >= 0.6 is 0 Å². The molecule has 0 spiro atoms. The molecule has 3 aliphatic carbocycles. The maximum absolute atomic E-state index is 10.6. The largest absolute Gasteiger partial charge is 0.390 e. The summed E-state index contributed by atoms with van der Waals surface area (Å²) in [4.78, 5) is 0. The molecule has 3 saturated carbocycles. The summed E-state index contributed by atoms with van der Waals surface area (Å²) in [6.07, 6.45) is 10.5. The van der Waals surface area contributed by atoms with Crippen LogP contribution in [-0.4, -0.2) is 10.7 Å². The SMILES string of the molecule is CC1CCCC1(O)CC1CC2CCC1C2. The van der Waals surface area contributed by atoms with Crippen LogP contribution in [0, 0.1) is 23.7 Å². The maximum Gasteiger partial charge on any atom is 0.0675 e. The fourth-order valence-corrected chi connectivity index (χ4v) is 4.61. The molecule has 0 amide bonds. The molecule has 2 bridgehead atoms. The maximum atomic E-state index is 10.6. The van der Waals surface area contributed by atoms with Crippen molar-refractivity contribution in [3.8, 4) is 0 Å². The lowest BCUT2D eigenvalue weighted by molar-refractivity contribution is -0.0205. The van der Waals surface area contributed by atoms with Gasteiger partial charge in [-0.2, -0.15) is 0 Å². The Kier molecular flexibility index (Phi) is 2.35. The first kappa shape index (κ1) is 10.1. The molecular formula is C14H24O. The summed E-state index contributed by atoms with van der Waals surface area (Å²) in [6.45, 7) is 2.25. The van der Waals surface area contributed by atoms with Gasteiger partial charge in [0, 0.05) is 0 Å². The number of aliphatic hydroxyl groups is 1. The molecule has 1 N–H and O–H groups in total. The molecule has 3 aliphatic rings. The Morgan fingerprint density at radius 1 is 1.20 bits per heavy atom. The van der Waals surface area contributed by atoms with E-state index in [4.69, 9.17) is 0 Å². The highest BCUT2D eigenvalue weighted by atomic mass is 16.3. The molecule has 5 unspecified atom stereocenters. The molecule has 3 fully saturated rings. The third-order valence-corrected chi connectivity index (χ3v) is 5.66. The fourth-order valence-electron chi connectivity index (χ4n) is 4.61. The van der Waals surface area contributed by atoms with Crippen molar-refractivity contribution in [3.05, 3.63) is 0 Å². The zero-order valence-corrected chi connectivity index (χ0v) is 9.91. The molecule has 0 saturated heterocycles. The van der Waals surface area contributed by atoms with Crippen LogP contribution in [0.1, 0.15) is 58.3 Å². The summed E-state index contributed by atoms with van der Waals surface area (Å²) in [6, 6.07) is 0. The lowest BCUT2D eigenvalue weighted by Crippen LogP contribution is -2.35. The van der Waals surface area contributed by atoms with Crippen LogP contribution in [0.5, 0.6) is 0 Å². The van der Waals surface area contributed by atoms with Gasteiger partial charge in [0.25, 0.3) is 0 Å². The molecule has 3 rings (SSSR count). The molecule has 0 aromatic carbocycles. The van der Waals surface area contributed by atoms with Gasteiger partial charge in [-0.3, -0.25) is 0 Å². The Bertz CT molecular complexity index is 250. The predicted octanol–water partition coefficient (Wildman–Crippen LogP) is 3.36. The van der Waals surface area contributed by atoms with E-state index >= 15 is 0 Å². The summed E-state index contributed by atoms with van der Waals surface area (Å²) in [5.41, 5.74) is -0.283. The van der Waals surface area contributed by atoms with Crippen molar-refractivity contribution in [1.29, 1.82) is 0 Å². The van der Waals surface area contributed by atoms with Crippen molar-refractivity contribution in [3.63, 3.8) is 0 Å². The van der Waals surface area contributed by atoms with Gasteiger partial charge in [-0.25, -0.2) is 0 Å². The first-order valence-electron chi connectivity index (χ1n) is 6.90. The van der Waals surface area contributed by atoms with E-state index in [1.54, 1.807) is 0 Å². The van der Waals surface area contributed by atoms with E-state index in [0.29, 0.717) is 5.92 Å². The van der Waals surface area contributed by atoms with Gasteiger partial charge in [0.1, 0.15) is 0 Å². The summed E-state index contributed by atoms with van der Waals surface area (Å²) >= 11 is 0. The Morgan fingerprint density at radius 2 is 2.07 bits per heavy atom. The van der Waals surface area contributed by atoms with Crippen molar-refractivity contribution in [1.82, 2.24) is 0 Å². The zero-order chi connectivity index (χ0) is 10.5. The van der Waals surface area contributed by atoms with E-state index in [1.807, 2.05) is 0 Å². The molecule has 1 nitrogen and oxygen atoms in total. The Morgan fingerprint density at radius 3 is 2.60 bits per heavy atom. The van der Waals surface area contributed by atoms with Crippen molar-refractivity contribution < 1.29 is 5.11 Å². The normalized spacial score (nSPS) is 54.0. The van der Waals surface area contributed by atoms with Crippen LogP contribution < -0.4 is 0 Å². The Hall–Kier alpha value is -0.0400. The number of hydrogen-bond donors (Lipinski definition) is 1. The van der Waals surface area contributed by atoms with Gasteiger partial charge in [0.2, 0.25) is 0 Å². The number of hydrogen-bond acceptors (Lipinski definition) is 1. The highest BCUT2D eigenvalue weighted by Crippen LogP contribution is 2.53. The second-order valence-corrected chi connectivity index (χ2v) is 6.54. The summed E-state index contributed by atoms with van der Waals surface area (Å²) in [5.74, 6) is 3.43. The fraction of sp³-hybridized carbons (Fsp3) is 1.00. The quantitative estimate of drug-likeness (QED) is 0.737. The van der Waals surface area contributed by atoms with Gasteiger partial charge < -0.3 is 5.11 Å². The lowest BCUT2D eigenvalue weighted by atomic mass is 9.77. The van der Waals surface area contributed by atoms with Crippen LogP contribution in [-0.2, 0) is 0 Å². The minimum atomic E-state index is -0.283. The van der Waals surface area contributed by atoms with Crippen molar-refractivity contribution in [2.24, 2.45) is 23.7 Å². The zero-order valence-electron chi connectivity index (χ0n) is 9.91. The van der Waals surface area contributed by atoms with Crippen molar-refractivity contribution in [2.45, 2.75) is 63.9 Å². The van der Waals surface area contributed by atoms with E-state index < -0.39 is 0 Å². The van der Waals surface area contributed by atoms with Crippen molar-refractivity contribution >= 4 is 0 Å². The third-order valence-electron chi connectivity index (χ3n) is 5.66. The molecule has 0 aromatic rings. The second-order valence-electron chi connectivity index (χ2n) is 6.54. The summed E-state index contributed by atoms with van der Waals surface area (Å²) in [5, 5.41) is 10.6. The van der Waals surface area contributed by atoms with Crippen molar-refractivity contribution in [2.75, 3.05) is 0 Å². The molecule has 5 atom stereocenters. The predicted molar refractivity (Wildman–Crippen MR) is 61.5 cm³/mol. The standard InChI is InChI=1S/C14H24O/c1-10-3-2-6-14(10,15)9-13-8-11-4-5-12(13)7-11/h10-13,15H,2-9H2,1H3. The second kappa shape index (κ2) is 3.48. The molecule has 15 heavy (non-hydrogen) atoms. The topological polar surface area (TPSA) is 20.2 Å².